The molecule has 3 unspecified atom stereocenters. The molecule has 0 amide bonds. The number of nitrogens with zero attached hydrogens (tertiary/aromatic N) is 1. The van der Waals surface area contributed by atoms with Gasteiger partial charge in [0.2, 0.25) is 0 Å². The highest BCUT2D eigenvalue weighted by Crippen LogP contribution is 2.50. The summed E-state index contributed by atoms with van der Waals surface area (Å²) in [4.78, 5) is 4.65. The van der Waals surface area contributed by atoms with E-state index in [-0.39, 0.29) is 10.8 Å². The summed E-state index contributed by atoms with van der Waals surface area (Å²) in [5.41, 5.74) is 0.451. The van der Waals surface area contributed by atoms with Crippen molar-refractivity contribution in [3.63, 3.8) is 0 Å². The van der Waals surface area contributed by atoms with Crippen molar-refractivity contribution in [2.45, 2.75) is 94.0 Å². The van der Waals surface area contributed by atoms with Gasteiger partial charge < -0.3 is 0 Å². The zero-order valence-electron chi connectivity index (χ0n) is 16.3. The Bertz CT molecular complexity index is 295. The lowest BCUT2D eigenvalue weighted by Gasteiger charge is -2.50. The molecular formula is C20H41N. The summed E-state index contributed by atoms with van der Waals surface area (Å²) in [6, 6.07) is 0.348. The maximum absolute atomic E-state index is 4.65. The summed E-state index contributed by atoms with van der Waals surface area (Å²) in [6.45, 7) is 25.2. The average Bonchev–Trinajstić information content (AvgIpc) is 2.34. The maximum Gasteiger partial charge on any atom is 0.0576 e. The molecule has 0 fully saturated rings. The van der Waals surface area contributed by atoms with Gasteiger partial charge in [-0.15, -0.1) is 0 Å². The van der Waals surface area contributed by atoms with E-state index >= 15 is 0 Å². The van der Waals surface area contributed by atoms with Crippen molar-refractivity contribution < 1.29 is 0 Å². The van der Waals surface area contributed by atoms with Gasteiger partial charge >= 0.3 is 0 Å². The van der Waals surface area contributed by atoms with E-state index in [4.69, 9.17) is 0 Å². The first-order valence-corrected chi connectivity index (χ1v) is 8.99. The molecule has 0 aromatic carbocycles. The number of rotatable bonds is 9. The van der Waals surface area contributed by atoms with Crippen LogP contribution in [0.15, 0.2) is 4.99 Å². The van der Waals surface area contributed by atoms with E-state index in [0.29, 0.717) is 12.0 Å². The molecule has 1 heteroatoms. The van der Waals surface area contributed by atoms with Crippen molar-refractivity contribution in [3.05, 3.63) is 0 Å². The van der Waals surface area contributed by atoms with Crippen molar-refractivity contribution in [3.8, 4) is 0 Å². The number of hydrogen-bond acceptors (Lipinski definition) is 1. The Morgan fingerprint density at radius 3 is 1.71 bits per heavy atom. The Morgan fingerprint density at radius 1 is 0.952 bits per heavy atom. The second-order valence-electron chi connectivity index (χ2n) is 8.79. The summed E-state index contributed by atoms with van der Waals surface area (Å²) in [7, 11) is 0. The first-order valence-electron chi connectivity index (χ1n) is 8.99. The van der Waals surface area contributed by atoms with Gasteiger partial charge in [0.15, 0.2) is 0 Å². The molecule has 0 aromatic rings. The molecule has 0 spiro atoms. The van der Waals surface area contributed by atoms with Crippen LogP contribution in [0.5, 0.6) is 0 Å². The molecule has 0 saturated carbocycles. The second kappa shape index (κ2) is 8.34. The Labute approximate surface area is 135 Å². The third kappa shape index (κ3) is 5.42. The molecule has 0 N–H and O–H groups in total. The Hall–Kier alpha value is -0.330. The van der Waals surface area contributed by atoms with Crippen LogP contribution < -0.4 is 0 Å². The van der Waals surface area contributed by atoms with Crippen molar-refractivity contribution in [2.24, 2.45) is 33.6 Å². The minimum absolute atomic E-state index is 0.208. The molecule has 3 atom stereocenters. The summed E-state index contributed by atoms with van der Waals surface area (Å²) < 4.78 is 0. The van der Waals surface area contributed by atoms with Gasteiger partial charge in [-0.3, -0.25) is 4.99 Å². The molecule has 0 rings (SSSR count). The predicted octanol–water partition coefficient (Wildman–Crippen LogP) is 6.62. The molecule has 1 nitrogen and oxygen atoms in total. The molecule has 0 aromatic heterocycles. The fourth-order valence-electron chi connectivity index (χ4n) is 3.93. The van der Waals surface area contributed by atoms with E-state index in [1.165, 1.54) is 25.7 Å². The lowest BCUT2D eigenvalue weighted by Crippen LogP contribution is -2.47. The third-order valence-electron chi connectivity index (χ3n) is 5.81. The predicted molar refractivity (Wildman–Crippen MR) is 98.2 cm³/mol. The molecule has 0 aliphatic heterocycles. The minimum atomic E-state index is 0.208. The minimum Gasteiger partial charge on any atom is -0.297 e. The van der Waals surface area contributed by atoms with Crippen molar-refractivity contribution >= 4 is 6.72 Å². The molecule has 0 saturated heterocycles. The van der Waals surface area contributed by atoms with Crippen LogP contribution in [0.2, 0.25) is 0 Å². The van der Waals surface area contributed by atoms with E-state index in [1.807, 2.05) is 0 Å². The Kier molecular flexibility index (Phi) is 8.21. The fourth-order valence-corrected chi connectivity index (χ4v) is 3.93. The van der Waals surface area contributed by atoms with Gasteiger partial charge in [-0.05, 0) is 48.1 Å². The van der Waals surface area contributed by atoms with Crippen LogP contribution in [0.3, 0.4) is 0 Å². The molecule has 126 valence electrons. The molecule has 0 aliphatic rings. The molecule has 0 bridgehead atoms. The van der Waals surface area contributed by atoms with E-state index in [9.17, 15) is 0 Å². The van der Waals surface area contributed by atoms with Crippen LogP contribution in [0, 0.1) is 28.6 Å². The van der Waals surface area contributed by atoms with Gasteiger partial charge in [0.1, 0.15) is 0 Å². The van der Waals surface area contributed by atoms with Gasteiger partial charge in [0.25, 0.3) is 0 Å². The van der Waals surface area contributed by atoms with Gasteiger partial charge in [-0.1, -0.05) is 75.2 Å². The highest BCUT2D eigenvalue weighted by Gasteiger charge is 2.46. The van der Waals surface area contributed by atoms with E-state index in [0.717, 1.165) is 11.8 Å². The molecule has 0 heterocycles. The fraction of sp³-hybridized carbons (Fsp3) is 0.950. The highest BCUT2D eigenvalue weighted by molar-refractivity contribution is 5.25. The van der Waals surface area contributed by atoms with Crippen molar-refractivity contribution in [2.75, 3.05) is 0 Å². The second-order valence-corrected chi connectivity index (χ2v) is 8.79. The average molecular weight is 296 g/mol. The van der Waals surface area contributed by atoms with Gasteiger partial charge in [-0.2, -0.15) is 0 Å². The van der Waals surface area contributed by atoms with Gasteiger partial charge in [0, 0.05) is 0 Å². The van der Waals surface area contributed by atoms with E-state index in [2.05, 4.69) is 74.0 Å². The molecule has 0 aliphatic carbocycles. The number of hydrogen-bond donors (Lipinski definition) is 0. The smallest absolute Gasteiger partial charge is 0.0576 e. The van der Waals surface area contributed by atoms with Gasteiger partial charge in [0.05, 0.1) is 6.04 Å². The zero-order valence-corrected chi connectivity index (χ0v) is 16.3. The maximum atomic E-state index is 4.65. The van der Waals surface area contributed by atoms with Crippen LogP contribution in [0.4, 0.5) is 0 Å². The lowest BCUT2D eigenvalue weighted by atomic mass is 9.57. The van der Waals surface area contributed by atoms with E-state index < -0.39 is 0 Å². The summed E-state index contributed by atoms with van der Waals surface area (Å²) in [5, 5.41) is 0. The molecular weight excluding hydrogens is 254 g/mol. The molecule has 21 heavy (non-hydrogen) atoms. The monoisotopic (exact) mass is 295 g/mol. The Balaban J connectivity index is 5.49. The Morgan fingerprint density at radius 2 is 1.43 bits per heavy atom. The standard InChI is InChI=1S/C20H41N/c1-11-17(12-2)14-20(9,19(6,7)8)18(21-10)16(5)13-15(3)4/h15-18H,10-14H2,1-9H3. The first kappa shape index (κ1) is 20.7. The van der Waals surface area contributed by atoms with Crippen molar-refractivity contribution in [1.82, 2.24) is 0 Å². The van der Waals surface area contributed by atoms with E-state index in [1.54, 1.807) is 0 Å². The first-order chi connectivity index (χ1) is 9.53. The lowest BCUT2D eigenvalue weighted by molar-refractivity contribution is 0.0207. The van der Waals surface area contributed by atoms with Crippen LogP contribution in [-0.2, 0) is 0 Å². The number of aliphatic imine (C=N–C) groups is 1. The normalized spacial score (nSPS) is 18.6. The highest BCUT2D eigenvalue weighted by atomic mass is 14.8. The molecule has 0 radical (unpaired) electrons. The van der Waals surface area contributed by atoms with Crippen molar-refractivity contribution in [1.29, 1.82) is 0 Å². The largest absolute Gasteiger partial charge is 0.297 e. The summed E-state index contributed by atoms with van der Waals surface area (Å²) in [6.07, 6.45) is 5.03. The van der Waals surface area contributed by atoms with Crippen LogP contribution in [0.1, 0.15) is 88.0 Å². The zero-order chi connectivity index (χ0) is 16.8. The van der Waals surface area contributed by atoms with Crippen LogP contribution in [0.25, 0.3) is 0 Å². The topological polar surface area (TPSA) is 12.4 Å². The summed E-state index contributed by atoms with van der Waals surface area (Å²) >= 11 is 0. The summed E-state index contributed by atoms with van der Waals surface area (Å²) in [5.74, 6) is 2.12. The van der Waals surface area contributed by atoms with Crippen LogP contribution in [-0.4, -0.2) is 12.8 Å². The quantitative estimate of drug-likeness (QED) is 0.424. The third-order valence-corrected chi connectivity index (χ3v) is 5.81. The van der Waals surface area contributed by atoms with Crippen LogP contribution >= 0.6 is 0 Å². The SMILES string of the molecule is C=NC(C(C)CC(C)C)C(C)(CC(CC)CC)C(C)(C)C. The van der Waals surface area contributed by atoms with Gasteiger partial charge in [-0.25, -0.2) is 0 Å².